The predicted octanol–water partition coefficient (Wildman–Crippen LogP) is -0.0148. The van der Waals surface area contributed by atoms with E-state index in [0.29, 0.717) is 5.69 Å². The number of hydrogen-bond donors (Lipinski definition) is 3. The number of aliphatic hydroxyl groups is 1. The molecule has 0 unspecified atom stereocenters. The van der Waals surface area contributed by atoms with Crippen molar-refractivity contribution in [1.29, 1.82) is 0 Å². The summed E-state index contributed by atoms with van der Waals surface area (Å²) in [5.41, 5.74) is 0.640. The van der Waals surface area contributed by atoms with E-state index in [2.05, 4.69) is 10.4 Å². The summed E-state index contributed by atoms with van der Waals surface area (Å²) < 4.78 is 6.08. The monoisotopic (exact) mass is 333 g/mol. The molecule has 24 heavy (non-hydrogen) atoms. The van der Waals surface area contributed by atoms with E-state index in [1.165, 1.54) is 0 Å². The molecule has 0 aliphatic heterocycles. The highest BCUT2D eigenvalue weighted by Crippen LogP contribution is 2.13. The van der Waals surface area contributed by atoms with Crippen LogP contribution in [-0.4, -0.2) is 52.3 Å². The van der Waals surface area contributed by atoms with Gasteiger partial charge in [0.15, 0.2) is 11.4 Å². The summed E-state index contributed by atoms with van der Waals surface area (Å²) in [6, 6.07) is 8.02. The van der Waals surface area contributed by atoms with Crippen LogP contribution in [-0.2, 0) is 4.74 Å². The number of carbonyl (C=O) groups is 1. The summed E-state index contributed by atoms with van der Waals surface area (Å²) in [4.78, 5) is 24.1. The molecular formula is C16H19N3O5. The number of ether oxygens (including phenoxy) is 1. The van der Waals surface area contributed by atoms with Crippen LogP contribution in [0.5, 0.6) is 5.75 Å². The molecule has 0 fully saturated rings. The van der Waals surface area contributed by atoms with Crippen LogP contribution < -0.4 is 10.9 Å². The number of rotatable bonds is 7. The minimum Gasteiger partial charge on any atom is -0.505 e. The Kier molecular flexibility index (Phi) is 6.05. The summed E-state index contributed by atoms with van der Waals surface area (Å²) in [5, 5.41) is 24.9. The molecule has 8 heteroatoms. The second-order valence-corrected chi connectivity index (χ2v) is 5.06. The highest BCUT2D eigenvalue weighted by Gasteiger charge is 2.16. The van der Waals surface area contributed by atoms with Gasteiger partial charge in [-0.3, -0.25) is 9.59 Å². The van der Waals surface area contributed by atoms with E-state index in [-0.39, 0.29) is 32.1 Å². The third kappa shape index (κ3) is 4.40. The molecule has 0 saturated heterocycles. The number of amides is 1. The largest absolute Gasteiger partial charge is 0.505 e. The van der Waals surface area contributed by atoms with E-state index >= 15 is 0 Å². The Morgan fingerprint density at radius 3 is 2.83 bits per heavy atom. The van der Waals surface area contributed by atoms with Crippen molar-refractivity contribution in [2.45, 2.75) is 6.92 Å². The number of aromatic nitrogens is 2. The zero-order valence-electron chi connectivity index (χ0n) is 13.2. The molecule has 3 N–H and O–H groups in total. The molecule has 1 aromatic carbocycles. The number of aromatic hydroxyl groups is 1. The Labute approximate surface area is 138 Å². The van der Waals surface area contributed by atoms with Gasteiger partial charge in [-0.1, -0.05) is 12.1 Å². The molecule has 0 radical (unpaired) electrons. The lowest BCUT2D eigenvalue weighted by molar-refractivity contribution is 0.0832. The first-order valence-corrected chi connectivity index (χ1v) is 7.40. The molecule has 0 bridgehead atoms. The topological polar surface area (TPSA) is 114 Å². The van der Waals surface area contributed by atoms with Crippen LogP contribution in [0.2, 0.25) is 0 Å². The van der Waals surface area contributed by atoms with Gasteiger partial charge >= 0.3 is 0 Å². The van der Waals surface area contributed by atoms with E-state index in [1.54, 1.807) is 18.2 Å². The fourth-order valence-corrected chi connectivity index (χ4v) is 2.04. The van der Waals surface area contributed by atoms with Crippen molar-refractivity contribution < 1.29 is 19.7 Å². The minimum atomic E-state index is -0.624. The smallest absolute Gasteiger partial charge is 0.275 e. The molecule has 128 valence electrons. The average Bonchev–Trinajstić information content (AvgIpc) is 2.54. The van der Waals surface area contributed by atoms with Gasteiger partial charge in [-0.05, 0) is 24.6 Å². The van der Waals surface area contributed by atoms with Crippen molar-refractivity contribution in [3.8, 4) is 11.4 Å². The maximum atomic E-state index is 12.1. The van der Waals surface area contributed by atoms with Crippen LogP contribution >= 0.6 is 0 Å². The van der Waals surface area contributed by atoms with Gasteiger partial charge in [-0.2, -0.15) is 9.78 Å². The first-order valence-electron chi connectivity index (χ1n) is 7.40. The molecule has 1 amide bonds. The minimum absolute atomic E-state index is 0.0995. The molecular weight excluding hydrogens is 314 g/mol. The van der Waals surface area contributed by atoms with Crippen molar-refractivity contribution in [1.82, 2.24) is 15.1 Å². The fraction of sp³-hybridized carbons (Fsp3) is 0.312. The number of benzene rings is 1. The zero-order chi connectivity index (χ0) is 17.5. The van der Waals surface area contributed by atoms with Crippen LogP contribution in [0.1, 0.15) is 16.1 Å². The highest BCUT2D eigenvalue weighted by atomic mass is 16.5. The second-order valence-electron chi connectivity index (χ2n) is 5.06. The van der Waals surface area contributed by atoms with E-state index in [9.17, 15) is 14.7 Å². The quantitative estimate of drug-likeness (QED) is 0.614. The molecule has 0 aliphatic rings. The van der Waals surface area contributed by atoms with Crippen LogP contribution in [0.4, 0.5) is 0 Å². The lowest BCUT2D eigenvalue weighted by atomic mass is 10.2. The third-order valence-corrected chi connectivity index (χ3v) is 3.14. The molecule has 2 aromatic rings. The van der Waals surface area contributed by atoms with E-state index in [1.807, 2.05) is 13.0 Å². The normalized spacial score (nSPS) is 10.6. The summed E-state index contributed by atoms with van der Waals surface area (Å²) >= 11 is 0. The average molecular weight is 333 g/mol. The van der Waals surface area contributed by atoms with Gasteiger partial charge < -0.3 is 20.3 Å². The number of carbonyl (C=O) groups excluding carboxylic acids is 1. The van der Waals surface area contributed by atoms with E-state index < -0.39 is 17.2 Å². The van der Waals surface area contributed by atoms with Gasteiger partial charge in [0.2, 0.25) is 0 Å². The van der Waals surface area contributed by atoms with Crippen molar-refractivity contribution in [3.05, 3.63) is 51.9 Å². The van der Waals surface area contributed by atoms with E-state index in [0.717, 1.165) is 16.3 Å². The second kappa shape index (κ2) is 8.23. The Bertz CT molecular complexity index is 773. The summed E-state index contributed by atoms with van der Waals surface area (Å²) in [6.07, 6.45) is 0. The molecule has 1 aromatic heterocycles. The highest BCUT2D eigenvalue weighted by molar-refractivity contribution is 5.94. The molecule has 1 heterocycles. The van der Waals surface area contributed by atoms with E-state index in [4.69, 9.17) is 9.84 Å². The van der Waals surface area contributed by atoms with Crippen LogP contribution in [0.3, 0.4) is 0 Å². The van der Waals surface area contributed by atoms with Crippen molar-refractivity contribution >= 4 is 5.91 Å². The maximum Gasteiger partial charge on any atom is 0.275 e. The Hall–Kier alpha value is -2.71. The maximum absolute atomic E-state index is 12.1. The fourth-order valence-electron chi connectivity index (χ4n) is 2.04. The van der Waals surface area contributed by atoms with Gasteiger partial charge in [0, 0.05) is 12.6 Å². The summed E-state index contributed by atoms with van der Waals surface area (Å²) in [5.74, 6) is -1.11. The first kappa shape index (κ1) is 17.6. The molecule has 0 saturated carbocycles. The van der Waals surface area contributed by atoms with Gasteiger partial charge in [0.05, 0.1) is 25.5 Å². The number of nitrogens with zero attached hydrogens (tertiary/aromatic N) is 2. The standard InChI is InChI=1S/C16H19N3O5/c1-11-3-2-4-12(9-11)19-14(22)10-13(21)15(18-19)16(23)17-5-7-24-8-6-20/h2-4,9-10,20-21H,5-8H2,1H3,(H,17,23). The number of nitrogens with one attached hydrogen (secondary N) is 1. The first-order chi connectivity index (χ1) is 11.5. The van der Waals surface area contributed by atoms with Crippen LogP contribution in [0, 0.1) is 6.92 Å². The zero-order valence-corrected chi connectivity index (χ0v) is 13.2. The van der Waals surface area contributed by atoms with Crippen molar-refractivity contribution in [3.63, 3.8) is 0 Å². The van der Waals surface area contributed by atoms with Gasteiger partial charge in [0.1, 0.15) is 0 Å². The van der Waals surface area contributed by atoms with Gasteiger partial charge in [-0.15, -0.1) is 0 Å². The summed E-state index contributed by atoms with van der Waals surface area (Å²) in [6.45, 7) is 2.35. The molecule has 2 rings (SSSR count). The summed E-state index contributed by atoms with van der Waals surface area (Å²) in [7, 11) is 0. The molecule has 0 spiro atoms. The molecule has 0 aliphatic carbocycles. The van der Waals surface area contributed by atoms with Crippen LogP contribution in [0.25, 0.3) is 5.69 Å². The number of aryl methyl sites for hydroxylation is 1. The van der Waals surface area contributed by atoms with Crippen molar-refractivity contribution in [2.24, 2.45) is 0 Å². The molecule has 0 atom stereocenters. The lowest BCUT2D eigenvalue weighted by Gasteiger charge is -2.10. The van der Waals surface area contributed by atoms with Crippen LogP contribution in [0.15, 0.2) is 35.1 Å². The Morgan fingerprint density at radius 1 is 1.33 bits per heavy atom. The molecule has 8 nitrogen and oxygen atoms in total. The number of aliphatic hydroxyl groups excluding tert-OH is 1. The van der Waals surface area contributed by atoms with Gasteiger partial charge in [-0.25, -0.2) is 0 Å². The Morgan fingerprint density at radius 2 is 2.12 bits per heavy atom. The predicted molar refractivity (Wildman–Crippen MR) is 86.5 cm³/mol. The SMILES string of the molecule is Cc1cccc(-n2nc(C(=O)NCCOCCO)c(O)cc2=O)c1. The number of hydrogen-bond acceptors (Lipinski definition) is 6. The Balaban J connectivity index is 2.20. The lowest BCUT2D eigenvalue weighted by Crippen LogP contribution is -2.31. The van der Waals surface area contributed by atoms with Crippen molar-refractivity contribution in [2.75, 3.05) is 26.4 Å². The third-order valence-electron chi connectivity index (χ3n) is 3.14. The van der Waals surface area contributed by atoms with Gasteiger partial charge in [0.25, 0.3) is 11.5 Å².